The van der Waals surface area contributed by atoms with E-state index < -0.39 is 0 Å². The van der Waals surface area contributed by atoms with Gasteiger partial charge in [0.05, 0.1) is 11.8 Å². The quantitative estimate of drug-likeness (QED) is 0.678. The van der Waals surface area contributed by atoms with Crippen LogP contribution < -0.4 is 0 Å². The van der Waals surface area contributed by atoms with Gasteiger partial charge in [-0.25, -0.2) is 0 Å². The summed E-state index contributed by atoms with van der Waals surface area (Å²) in [7, 11) is 0. The molecule has 0 radical (unpaired) electrons. The molecule has 0 aliphatic rings. The highest BCUT2D eigenvalue weighted by Crippen LogP contribution is 2.24. The van der Waals surface area contributed by atoms with Crippen LogP contribution in [-0.2, 0) is 0 Å². The Bertz CT molecular complexity index is 332. The number of rotatable bonds is 1. The summed E-state index contributed by atoms with van der Waals surface area (Å²) < 4.78 is 9.75. The summed E-state index contributed by atoms with van der Waals surface area (Å²) in [4.78, 5) is 0. The summed E-state index contributed by atoms with van der Waals surface area (Å²) >= 11 is 0. The fraction of sp³-hybridized carbons (Fsp3) is 0. The number of furan rings is 2. The Balaban J connectivity index is 2.45. The third-order valence-electron chi connectivity index (χ3n) is 1.39. The third kappa shape index (κ3) is 1.00. The SMILES string of the molecule is Oc1cc(-c2ccco2)co1. The molecule has 0 aliphatic carbocycles. The van der Waals surface area contributed by atoms with E-state index in [0.717, 1.165) is 5.56 Å². The molecule has 3 nitrogen and oxygen atoms in total. The van der Waals surface area contributed by atoms with Crippen LogP contribution >= 0.6 is 0 Å². The maximum Gasteiger partial charge on any atom is 0.282 e. The normalized spacial score (nSPS) is 10.2. The molecule has 0 unspecified atom stereocenters. The van der Waals surface area contributed by atoms with Crippen molar-refractivity contribution in [2.75, 3.05) is 0 Å². The molecule has 0 aromatic carbocycles. The van der Waals surface area contributed by atoms with Gasteiger partial charge < -0.3 is 13.9 Å². The minimum Gasteiger partial charge on any atom is -0.481 e. The Hall–Kier alpha value is -1.64. The molecule has 2 rings (SSSR count). The van der Waals surface area contributed by atoms with Gasteiger partial charge in [0.2, 0.25) is 0 Å². The highest BCUT2D eigenvalue weighted by molar-refractivity contribution is 5.56. The number of hydrogen-bond acceptors (Lipinski definition) is 3. The van der Waals surface area contributed by atoms with Gasteiger partial charge in [-0.3, -0.25) is 0 Å². The van der Waals surface area contributed by atoms with E-state index >= 15 is 0 Å². The minimum absolute atomic E-state index is 0.101. The Morgan fingerprint density at radius 2 is 2.18 bits per heavy atom. The predicted octanol–water partition coefficient (Wildman–Crippen LogP) is 2.25. The standard InChI is InChI=1S/C8H6O3/c9-8-4-6(5-11-8)7-2-1-3-10-7/h1-5,9H. The van der Waals surface area contributed by atoms with Crippen molar-refractivity contribution in [3.05, 3.63) is 30.7 Å². The fourth-order valence-electron chi connectivity index (χ4n) is 0.897. The van der Waals surface area contributed by atoms with E-state index in [1.165, 1.54) is 12.3 Å². The first kappa shape index (κ1) is 6.09. The summed E-state index contributed by atoms with van der Waals surface area (Å²) in [6.45, 7) is 0. The first-order valence-corrected chi connectivity index (χ1v) is 3.17. The zero-order valence-corrected chi connectivity index (χ0v) is 5.65. The molecule has 2 heterocycles. The average Bonchev–Trinajstić information content (AvgIpc) is 2.55. The van der Waals surface area contributed by atoms with Crippen LogP contribution in [0.2, 0.25) is 0 Å². The molecule has 3 heteroatoms. The van der Waals surface area contributed by atoms with Crippen LogP contribution in [-0.4, -0.2) is 5.11 Å². The van der Waals surface area contributed by atoms with E-state index in [1.54, 1.807) is 18.4 Å². The second-order valence-electron chi connectivity index (χ2n) is 2.15. The summed E-state index contributed by atoms with van der Waals surface area (Å²) in [6.07, 6.45) is 3.01. The molecule has 0 aliphatic heterocycles. The minimum atomic E-state index is -0.101. The highest BCUT2D eigenvalue weighted by atomic mass is 16.5. The topological polar surface area (TPSA) is 46.5 Å². The first-order chi connectivity index (χ1) is 5.36. The van der Waals surface area contributed by atoms with Crippen LogP contribution in [0.25, 0.3) is 11.3 Å². The maximum absolute atomic E-state index is 8.84. The zero-order valence-electron chi connectivity index (χ0n) is 5.65. The van der Waals surface area contributed by atoms with Crippen LogP contribution in [0, 0.1) is 0 Å². The molecule has 0 atom stereocenters. The zero-order chi connectivity index (χ0) is 7.68. The van der Waals surface area contributed by atoms with E-state index in [0.29, 0.717) is 5.76 Å². The van der Waals surface area contributed by atoms with Gasteiger partial charge in [0, 0.05) is 6.07 Å². The molecular weight excluding hydrogens is 144 g/mol. The molecule has 0 saturated carbocycles. The van der Waals surface area contributed by atoms with Crippen molar-refractivity contribution in [2.45, 2.75) is 0 Å². The fourth-order valence-corrected chi connectivity index (χ4v) is 0.897. The van der Waals surface area contributed by atoms with Crippen molar-refractivity contribution >= 4 is 0 Å². The Morgan fingerprint density at radius 3 is 2.73 bits per heavy atom. The van der Waals surface area contributed by atoms with Gasteiger partial charge in [-0.2, -0.15) is 0 Å². The highest BCUT2D eigenvalue weighted by Gasteiger charge is 2.03. The molecular formula is C8H6O3. The maximum atomic E-state index is 8.84. The lowest BCUT2D eigenvalue weighted by molar-refractivity contribution is 0.332. The summed E-state index contributed by atoms with van der Waals surface area (Å²) in [5.41, 5.74) is 0.743. The van der Waals surface area contributed by atoms with E-state index in [9.17, 15) is 0 Å². The molecule has 0 amide bonds. The largest absolute Gasteiger partial charge is 0.481 e. The summed E-state index contributed by atoms with van der Waals surface area (Å²) in [5.74, 6) is 0.588. The second kappa shape index (κ2) is 2.20. The molecule has 0 fully saturated rings. The molecule has 2 aromatic heterocycles. The van der Waals surface area contributed by atoms with Gasteiger partial charge in [0.15, 0.2) is 0 Å². The van der Waals surface area contributed by atoms with Crippen molar-refractivity contribution in [1.82, 2.24) is 0 Å². The Morgan fingerprint density at radius 1 is 1.27 bits per heavy atom. The Labute approximate surface area is 62.9 Å². The van der Waals surface area contributed by atoms with Crippen LogP contribution in [0.5, 0.6) is 5.95 Å². The van der Waals surface area contributed by atoms with Gasteiger partial charge in [0.1, 0.15) is 12.0 Å². The lowest BCUT2D eigenvalue weighted by atomic mass is 10.3. The predicted molar refractivity (Wildman–Crippen MR) is 38.1 cm³/mol. The van der Waals surface area contributed by atoms with Crippen molar-refractivity contribution in [3.63, 3.8) is 0 Å². The van der Waals surface area contributed by atoms with E-state index in [-0.39, 0.29) is 5.95 Å². The molecule has 0 bridgehead atoms. The number of aromatic hydroxyl groups is 1. The van der Waals surface area contributed by atoms with E-state index in [2.05, 4.69) is 4.42 Å². The van der Waals surface area contributed by atoms with Crippen LogP contribution in [0.1, 0.15) is 0 Å². The first-order valence-electron chi connectivity index (χ1n) is 3.17. The van der Waals surface area contributed by atoms with Crippen molar-refractivity contribution < 1.29 is 13.9 Å². The smallest absolute Gasteiger partial charge is 0.282 e. The lowest BCUT2D eigenvalue weighted by Gasteiger charge is -1.83. The van der Waals surface area contributed by atoms with Crippen LogP contribution in [0.3, 0.4) is 0 Å². The van der Waals surface area contributed by atoms with Gasteiger partial charge >= 0.3 is 0 Å². The monoisotopic (exact) mass is 150 g/mol. The molecule has 0 spiro atoms. The van der Waals surface area contributed by atoms with Crippen molar-refractivity contribution in [3.8, 4) is 17.3 Å². The third-order valence-corrected chi connectivity index (χ3v) is 1.39. The van der Waals surface area contributed by atoms with Gasteiger partial charge in [-0.1, -0.05) is 0 Å². The molecule has 2 aromatic rings. The van der Waals surface area contributed by atoms with E-state index in [1.807, 2.05) is 0 Å². The number of hydrogen-bond donors (Lipinski definition) is 1. The Kier molecular flexibility index (Phi) is 1.22. The summed E-state index contributed by atoms with van der Waals surface area (Å²) in [5, 5.41) is 8.84. The molecule has 1 N–H and O–H groups in total. The average molecular weight is 150 g/mol. The van der Waals surface area contributed by atoms with Gasteiger partial charge in [-0.05, 0) is 12.1 Å². The lowest BCUT2D eigenvalue weighted by Crippen LogP contribution is -1.62. The van der Waals surface area contributed by atoms with Gasteiger partial charge in [-0.15, -0.1) is 0 Å². The van der Waals surface area contributed by atoms with Gasteiger partial charge in [0.25, 0.3) is 5.95 Å². The van der Waals surface area contributed by atoms with Crippen molar-refractivity contribution in [1.29, 1.82) is 0 Å². The molecule has 0 saturated heterocycles. The second-order valence-corrected chi connectivity index (χ2v) is 2.15. The van der Waals surface area contributed by atoms with Crippen molar-refractivity contribution in [2.24, 2.45) is 0 Å². The van der Waals surface area contributed by atoms with Crippen LogP contribution in [0.15, 0.2) is 39.6 Å². The molecule has 11 heavy (non-hydrogen) atoms. The van der Waals surface area contributed by atoms with E-state index in [4.69, 9.17) is 9.52 Å². The summed E-state index contributed by atoms with van der Waals surface area (Å²) in [6, 6.07) is 5.07. The molecule has 56 valence electrons. The van der Waals surface area contributed by atoms with Crippen LogP contribution in [0.4, 0.5) is 0 Å².